The van der Waals surface area contributed by atoms with Crippen molar-refractivity contribution in [3.63, 3.8) is 0 Å². The number of carboxylic acids is 1. The van der Waals surface area contributed by atoms with Crippen molar-refractivity contribution in [1.82, 2.24) is 15.0 Å². The van der Waals surface area contributed by atoms with E-state index in [1.807, 2.05) is 20.8 Å². The van der Waals surface area contributed by atoms with Crippen molar-refractivity contribution in [2.75, 3.05) is 13.1 Å². The van der Waals surface area contributed by atoms with E-state index in [-0.39, 0.29) is 11.3 Å². The minimum Gasteiger partial charge on any atom is -0.481 e. The van der Waals surface area contributed by atoms with Crippen LogP contribution >= 0.6 is 0 Å². The quantitative estimate of drug-likeness (QED) is 0.890. The molecule has 1 aromatic rings. The van der Waals surface area contributed by atoms with E-state index in [0.717, 1.165) is 6.42 Å². The maximum absolute atomic E-state index is 12.2. The molecule has 0 aromatic carbocycles. The molecule has 7 heteroatoms. The summed E-state index contributed by atoms with van der Waals surface area (Å²) in [6.45, 7) is 7.02. The molecule has 1 saturated heterocycles. The van der Waals surface area contributed by atoms with Gasteiger partial charge >= 0.3 is 5.97 Å². The Labute approximate surface area is 136 Å². The molecule has 1 N–H and O–H groups in total. The number of carbonyl (C=O) groups is 2. The molecule has 0 unspecified atom stereocenters. The van der Waals surface area contributed by atoms with E-state index in [1.54, 1.807) is 4.90 Å². The van der Waals surface area contributed by atoms with Crippen LogP contribution < -0.4 is 0 Å². The largest absolute Gasteiger partial charge is 0.481 e. The Kier molecular flexibility index (Phi) is 5.38. The number of aryl methyl sites for hydroxylation is 1. The van der Waals surface area contributed by atoms with Gasteiger partial charge in [0.25, 0.3) is 0 Å². The molecule has 1 aromatic heterocycles. The number of nitrogens with zero attached hydrogens (tertiary/aromatic N) is 3. The van der Waals surface area contributed by atoms with E-state index < -0.39 is 11.9 Å². The maximum atomic E-state index is 12.2. The van der Waals surface area contributed by atoms with Crippen LogP contribution in [-0.4, -0.2) is 45.1 Å². The third kappa shape index (κ3) is 4.77. The molecule has 1 fully saturated rings. The molecule has 2 heterocycles. The average molecular weight is 323 g/mol. The number of carbonyl (C=O) groups excluding carboxylic acids is 1. The first-order chi connectivity index (χ1) is 10.8. The minimum atomic E-state index is -0.817. The van der Waals surface area contributed by atoms with E-state index in [1.165, 1.54) is 0 Å². The highest BCUT2D eigenvalue weighted by Crippen LogP contribution is 2.20. The molecule has 1 amide bonds. The summed E-state index contributed by atoms with van der Waals surface area (Å²) in [5.74, 6) is -0.0310. The molecule has 23 heavy (non-hydrogen) atoms. The van der Waals surface area contributed by atoms with Gasteiger partial charge in [0.15, 0.2) is 5.82 Å². The molecule has 1 aliphatic rings. The molecule has 1 atom stereocenters. The molecule has 0 spiro atoms. The predicted octanol–water partition coefficient (Wildman–Crippen LogP) is 2.01. The summed E-state index contributed by atoms with van der Waals surface area (Å²) < 4.78 is 5.20. The number of amides is 1. The van der Waals surface area contributed by atoms with Crippen LogP contribution in [0.5, 0.6) is 0 Å². The van der Waals surface area contributed by atoms with Gasteiger partial charge in [0, 0.05) is 31.3 Å². The second-order valence-electron chi connectivity index (χ2n) is 7.13. The van der Waals surface area contributed by atoms with Crippen molar-refractivity contribution in [3.05, 3.63) is 11.7 Å². The lowest BCUT2D eigenvalue weighted by Crippen LogP contribution is -2.42. The summed E-state index contributed by atoms with van der Waals surface area (Å²) in [5, 5.41) is 13.0. The second-order valence-corrected chi connectivity index (χ2v) is 7.13. The number of hydrogen-bond donors (Lipinski definition) is 1. The summed E-state index contributed by atoms with van der Waals surface area (Å²) in [6, 6.07) is 0. The molecule has 1 aliphatic heterocycles. The van der Waals surface area contributed by atoms with Gasteiger partial charge in [0.2, 0.25) is 11.8 Å². The highest BCUT2D eigenvalue weighted by atomic mass is 16.5. The smallest absolute Gasteiger partial charge is 0.308 e. The molecule has 0 aliphatic carbocycles. The Morgan fingerprint density at radius 3 is 2.74 bits per heavy atom. The minimum absolute atomic E-state index is 0.00603. The summed E-state index contributed by atoms with van der Waals surface area (Å²) >= 11 is 0. The van der Waals surface area contributed by atoms with Crippen LogP contribution in [0.2, 0.25) is 0 Å². The van der Waals surface area contributed by atoms with Gasteiger partial charge in [-0.25, -0.2) is 0 Å². The molecule has 2 rings (SSSR count). The van der Waals surface area contributed by atoms with Crippen LogP contribution in [0.15, 0.2) is 4.52 Å². The fourth-order valence-corrected chi connectivity index (χ4v) is 2.62. The molecule has 7 nitrogen and oxygen atoms in total. The third-order valence-corrected chi connectivity index (χ3v) is 4.04. The zero-order chi connectivity index (χ0) is 17.0. The first-order valence-corrected chi connectivity index (χ1v) is 8.11. The number of rotatable bonds is 5. The van der Waals surface area contributed by atoms with Crippen LogP contribution in [0.1, 0.15) is 58.2 Å². The molecule has 0 saturated carbocycles. The van der Waals surface area contributed by atoms with Gasteiger partial charge in [-0.15, -0.1) is 0 Å². The van der Waals surface area contributed by atoms with Crippen LogP contribution in [0.3, 0.4) is 0 Å². The molecule has 128 valence electrons. The van der Waals surface area contributed by atoms with Crippen LogP contribution in [-0.2, 0) is 21.4 Å². The van der Waals surface area contributed by atoms with Gasteiger partial charge < -0.3 is 14.5 Å². The lowest BCUT2D eigenvalue weighted by atomic mass is 9.96. The SMILES string of the molecule is CC(C)(C)c1noc(CCCC(=O)N2CCC[C@@H](C(=O)O)C2)n1. The number of likely N-dealkylation sites (tertiary alicyclic amines) is 1. The normalized spacial score (nSPS) is 18.9. The van der Waals surface area contributed by atoms with Crippen LogP contribution in [0.4, 0.5) is 0 Å². The third-order valence-electron chi connectivity index (χ3n) is 4.04. The lowest BCUT2D eigenvalue weighted by molar-refractivity contribution is -0.145. The number of hydrogen-bond acceptors (Lipinski definition) is 5. The van der Waals surface area contributed by atoms with Crippen molar-refractivity contribution < 1.29 is 19.2 Å². The Morgan fingerprint density at radius 2 is 2.13 bits per heavy atom. The van der Waals surface area contributed by atoms with Crippen molar-refractivity contribution in [2.45, 2.75) is 58.3 Å². The second kappa shape index (κ2) is 7.10. The Balaban J connectivity index is 1.78. The predicted molar refractivity (Wildman–Crippen MR) is 82.9 cm³/mol. The van der Waals surface area contributed by atoms with E-state index in [9.17, 15) is 9.59 Å². The summed E-state index contributed by atoms with van der Waals surface area (Å²) in [5.41, 5.74) is -0.156. The molecule has 0 radical (unpaired) electrons. The zero-order valence-electron chi connectivity index (χ0n) is 14.0. The fraction of sp³-hybridized carbons (Fsp3) is 0.750. The molecular weight excluding hydrogens is 298 g/mol. The molecule has 0 bridgehead atoms. The summed E-state index contributed by atoms with van der Waals surface area (Å²) in [6.07, 6.45) is 2.96. The fourth-order valence-electron chi connectivity index (χ4n) is 2.62. The van der Waals surface area contributed by atoms with Crippen molar-refractivity contribution in [2.24, 2.45) is 5.92 Å². The Morgan fingerprint density at radius 1 is 1.39 bits per heavy atom. The van der Waals surface area contributed by atoms with Crippen molar-refractivity contribution in [1.29, 1.82) is 0 Å². The van der Waals surface area contributed by atoms with Gasteiger partial charge in [0.1, 0.15) is 0 Å². The standard InChI is InChI=1S/C16H25N3O4/c1-16(2,3)15-17-12(23-18-15)7-4-8-13(20)19-9-5-6-11(10-19)14(21)22/h11H,4-10H2,1-3H3,(H,21,22)/t11-/m1/s1. The van der Waals surface area contributed by atoms with Crippen LogP contribution in [0, 0.1) is 5.92 Å². The van der Waals surface area contributed by atoms with Gasteiger partial charge in [-0.1, -0.05) is 25.9 Å². The summed E-state index contributed by atoms with van der Waals surface area (Å²) in [7, 11) is 0. The number of piperidine rings is 1. The number of aromatic nitrogens is 2. The van der Waals surface area contributed by atoms with Gasteiger partial charge in [-0.05, 0) is 19.3 Å². The first-order valence-electron chi connectivity index (χ1n) is 8.11. The Hall–Kier alpha value is -1.92. The van der Waals surface area contributed by atoms with Crippen molar-refractivity contribution in [3.8, 4) is 0 Å². The van der Waals surface area contributed by atoms with E-state index >= 15 is 0 Å². The number of aliphatic carboxylic acids is 1. The Bertz CT molecular complexity index is 562. The zero-order valence-corrected chi connectivity index (χ0v) is 14.0. The van der Waals surface area contributed by atoms with E-state index in [2.05, 4.69) is 10.1 Å². The average Bonchev–Trinajstić information content (AvgIpc) is 2.96. The van der Waals surface area contributed by atoms with E-state index in [0.29, 0.717) is 50.5 Å². The van der Waals surface area contributed by atoms with Crippen molar-refractivity contribution >= 4 is 11.9 Å². The molecular formula is C16H25N3O4. The van der Waals surface area contributed by atoms with E-state index in [4.69, 9.17) is 9.63 Å². The topological polar surface area (TPSA) is 96.5 Å². The lowest BCUT2D eigenvalue weighted by Gasteiger charge is -2.30. The highest BCUT2D eigenvalue weighted by Gasteiger charge is 2.28. The van der Waals surface area contributed by atoms with Gasteiger partial charge in [-0.2, -0.15) is 4.98 Å². The number of carboxylic acid groups (broad SMARTS) is 1. The van der Waals surface area contributed by atoms with Gasteiger partial charge in [-0.3, -0.25) is 9.59 Å². The van der Waals surface area contributed by atoms with Crippen LogP contribution in [0.25, 0.3) is 0 Å². The maximum Gasteiger partial charge on any atom is 0.308 e. The first kappa shape index (κ1) is 17.4. The summed E-state index contributed by atoms with van der Waals surface area (Å²) in [4.78, 5) is 29.2. The highest BCUT2D eigenvalue weighted by molar-refractivity contribution is 5.78. The monoisotopic (exact) mass is 323 g/mol. The van der Waals surface area contributed by atoms with Gasteiger partial charge in [0.05, 0.1) is 5.92 Å².